The molecule has 20 heavy (non-hydrogen) atoms. The molecule has 0 bridgehead atoms. The van der Waals surface area contributed by atoms with Crippen LogP contribution in [0.5, 0.6) is 0 Å². The largest absolute Gasteiger partial charge is 0.385 e. The third-order valence-corrected chi connectivity index (χ3v) is 3.33. The van der Waals surface area contributed by atoms with Crippen LogP contribution in [0.25, 0.3) is 0 Å². The van der Waals surface area contributed by atoms with Crippen LogP contribution in [-0.4, -0.2) is 33.4 Å². The first-order chi connectivity index (χ1) is 9.77. The Morgan fingerprint density at radius 3 is 2.55 bits per heavy atom. The molecule has 0 aliphatic carbocycles. The molecule has 0 spiro atoms. The Kier molecular flexibility index (Phi) is 9.29. The van der Waals surface area contributed by atoms with E-state index in [1.165, 1.54) is 17.5 Å². The average molecular weight is 279 g/mol. The lowest BCUT2D eigenvalue weighted by molar-refractivity contribution is 0.0928. The molecule has 1 N–H and O–H groups in total. The molecule has 1 atom stereocenters. The monoisotopic (exact) mass is 279 g/mol. The summed E-state index contributed by atoms with van der Waals surface area (Å²) in [6, 6.07) is 8.77. The Morgan fingerprint density at radius 2 is 1.90 bits per heavy atom. The van der Waals surface area contributed by atoms with Crippen LogP contribution in [0.1, 0.15) is 43.7 Å². The van der Waals surface area contributed by atoms with E-state index in [0.717, 1.165) is 32.7 Å². The van der Waals surface area contributed by atoms with Crippen molar-refractivity contribution < 1.29 is 9.47 Å². The summed E-state index contributed by atoms with van der Waals surface area (Å²) in [5, 5.41) is 3.47. The molecule has 0 amide bonds. The minimum Gasteiger partial charge on any atom is -0.385 e. The van der Waals surface area contributed by atoms with Gasteiger partial charge in [-0.1, -0.05) is 38.1 Å². The van der Waals surface area contributed by atoms with Gasteiger partial charge in [-0.05, 0) is 36.4 Å². The number of rotatable bonds is 11. The third-order valence-electron chi connectivity index (χ3n) is 3.33. The van der Waals surface area contributed by atoms with Crippen molar-refractivity contribution in [3.63, 3.8) is 0 Å². The van der Waals surface area contributed by atoms with Crippen molar-refractivity contribution in [1.82, 2.24) is 5.32 Å². The van der Waals surface area contributed by atoms with Crippen LogP contribution < -0.4 is 5.32 Å². The van der Waals surface area contributed by atoms with Gasteiger partial charge in [0.05, 0.1) is 6.61 Å². The summed E-state index contributed by atoms with van der Waals surface area (Å²) < 4.78 is 10.6. The first-order valence-corrected chi connectivity index (χ1v) is 7.64. The molecule has 1 aromatic carbocycles. The van der Waals surface area contributed by atoms with Crippen molar-refractivity contribution >= 4 is 0 Å². The summed E-state index contributed by atoms with van der Waals surface area (Å²) in [5.74, 6) is 0.554. The van der Waals surface area contributed by atoms with E-state index in [1.807, 2.05) is 0 Å². The van der Waals surface area contributed by atoms with Crippen LogP contribution in [0.3, 0.4) is 0 Å². The fraction of sp³-hybridized carbons (Fsp3) is 0.647. The van der Waals surface area contributed by atoms with Crippen molar-refractivity contribution in [3.05, 3.63) is 35.4 Å². The van der Waals surface area contributed by atoms with Gasteiger partial charge in [0, 0.05) is 26.9 Å². The zero-order valence-corrected chi connectivity index (χ0v) is 13.2. The van der Waals surface area contributed by atoms with E-state index in [9.17, 15) is 0 Å². The van der Waals surface area contributed by atoms with E-state index in [-0.39, 0.29) is 0 Å². The standard InChI is InChI=1S/C17H29NO2/c1-4-10-18-13-15(2)17-8-6-16(7-9-17)14-20-12-5-11-19-3/h6-9,15,18H,4-5,10-14H2,1-3H3. The molecule has 0 aromatic heterocycles. The molecule has 0 saturated heterocycles. The first kappa shape index (κ1) is 17.2. The SMILES string of the molecule is CCCNCC(C)c1ccc(COCCCOC)cc1. The smallest absolute Gasteiger partial charge is 0.0716 e. The number of hydrogen-bond donors (Lipinski definition) is 1. The summed E-state index contributed by atoms with van der Waals surface area (Å²) >= 11 is 0. The minimum atomic E-state index is 0.554. The molecule has 1 rings (SSSR count). The summed E-state index contributed by atoms with van der Waals surface area (Å²) in [7, 11) is 1.72. The number of ether oxygens (including phenoxy) is 2. The summed E-state index contributed by atoms with van der Waals surface area (Å²) in [6.07, 6.45) is 2.14. The Labute approximate surface area is 123 Å². The van der Waals surface area contributed by atoms with Crippen molar-refractivity contribution in [3.8, 4) is 0 Å². The number of hydrogen-bond acceptors (Lipinski definition) is 3. The van der Waals surface area contributed by atoms with E-state index in [0.29, 0.717) is 12.5 Å². The van der Waals surface area contributed by atoms with Gasteiger partial charge in [-0.3, -0.25) is 0 Å². The topological polar surface area (TPSA) is 30.5 Å². The van der Waals surface area contributed by atoms with Crippen LogP contribution in [0.2, 0.25) is 0 Å². The Hall–Kier alpha value is -0.900. The van der Waals surface area contributed by atoms with Gasteiger partial charge in [0.1, 0.15) is 0 Å². The van der Waals surface area contributed by atoms with Gasteiger partial charge in [0.25, 0.3) is 0 Å². The van der Waals surface area contributed by atoms with Crippen LogP contribution in [-0.2, 0) is 16.1 Å². The zero-order chi connectivity index (χ0) is 14.6. The van der Waals surface area contributed by atoms with Gasteiger partial charge in [-0.15, -0.1) is 0 Å². The highest BCUT2D eigenvalue weighted by Crippen LogP contribution is 2.15. The predicted octanol–water partition coefficient (Wildman–Crippen LogP) is 3.34. The maximum atomic E-state index is 5.61. The molecule has 0 radical (unpaired) electrons. The van der Waals surface area contributed by atoms with Gasteiger partial charge < -0.3 is 14.8 Å². The van der Waals surface area contributed by atoms with Crippen molar-refractivity contribution in [2.24, 2.45) is 0 Å². The van der Waals surface area contributed by atoms with Gasteiger partial charge in [0.15, 0.2) is 0 Å². The summed E-state index contributed by atoms with van der Waals surface area (Å²) in [6.45, 7) is 8.80. The number of methoxy groups -OCH3 is 1. The van der Waals surface area contributed by atoms with Crippen LogP contribution >= 0.6 is 0 Å². The Bertz CT molecular complexity index is 337. The third kappa shape index (κ3) is 7.04. The van der Waals surface area contributed by atoms with E-state index in [4.69, 9.17) is 9.47 Å². The van der Waals surface area contributed by atoms with Crippen LogP contribution in [0.15, 0.2) is 24.3 Å². The highest BCUT2D eigenvalue weighted by Gasteiger charge is 2.04. The molecule has 0 heterocycles. The van der Waals surface area contributed by atoms with E-state index >= 15 is 0 Å². The van der Waals surface area contributed by atoms with Crippen molar-refractivity contribution in [1.29, 1.82) is 0 Å². The maximum absolute atomic E-state index is 5.61. The van der Waals surface area contributed by atoms with E-state index < -0.39 is 0 Å². The average Bonchev–Trinajstić information content (AvgIpc) is 2.48. The second kappa shape index (κ2) is 10.8. The predicted molar refractivity (Wildman–Crippen MR) is 84.2 cm³/mol. The highest BCUT2D eigenvalue weighted by atomic mass is 16.5. The van der Waals surface area contributed by atoms with Gasteiger partial charge in [0.2, 0.25) is 0 Å². The van der Waals surface area contributed by atoms with Crippen molar-refractivity contribution in [2.75, 3.05) is 33.4 Å². The molecule has 3 nitrogen and oxygen atoms in total. The summed E-state index contributed by atoms with van der Waals surface area (Å²) in [5.41, 5.74) is 2.62. The van der Waals surface area contributed by atoms with Gasteiger partial charge in [-0.2, -0.15) is 0 Å². The van der Waals surface area contributed by atoms with Crippen molar-refractivity contribution in [2.45, 2.75) is 39.2 Å². The molecule has 1 aromatic rings. The fourth-order valence-corrected chi connectivity index (χ4v) is 2.05. The fourth-order valence-electron chi connectivity index (χ4n) is 2.05. The van der Waals surface area contributed by atoms with Gasteiger partial charge in [-0.25, -0.2) is 0 Å². The van der Waals surface area contributed by atoms with Gasteiger partial charge >= 0.3 is 0 Å². The molecule has 0 saturated carbocycles. The highest BCUT2D eigenvalue weighted by molar-refractivity contribution is 5.24. The van der Waals surface area contributed by atoms with Crippen LogP contribution in [0.4, 0.5) is 0 Å². The number of nitrogens with one attached hydrogen (secondary N) is 1. The quantitative estimate of drug-likeness (QED) is 0.630. The molecule has 0 fully saturated rings. The molecule has 0 aliphatic heterocycles. The second-order valence-corrected chi connectivity index (χ2v) is 5.25. The molecule has 0 aliphatic rings. The molecule has 3 heteroatoms. The lowest BCUT2D eigenvalue weighted by atomic mass is 10.00. The normalized spacial score (nSPS) is 12.6. The molecule has 1 unspecified atom stereocenters. The minimum absolute atomic E-state index is 0.554. The molecular weight excluding hydrogens is 250 g/mol. The maximum Gasteiger partial charge on any atom is 0.0716 e. The Morgan fingerprint density at radius 1 is 1.15 bits per heavy atom. The van der Waals surface area contributed by atoms with E-state index in [1.54, 1.807) is 7.11 Å². The summed E-state index contributed by atoms with van der Waals surface area (Å²) in [4.78, 5) is 0. The molecule has 114 valence electrons. The van der Waals surface area contributed by atoms with Crippen LogP contribution in [0, 0.1) is 0 Å². The second-order valence-electron chi connectivity index (χ2n) is 5.25. The number of benzene rings is 1. The first-order valence-electron chi connectivity index (χ1n) is 7.64. The zero-order valence-electron chi connectivity index (χ0n) is 13.2. The lowest BCUT2D eigenvalue weighted by Crippen LogP contribution is -2.20. The Balaban J connectivity index is 2.28. The van der Waals surface area contributed by atoms with E-state index in [2.05, 4.69) is 43.4 Å². The lowest BCUT2D eigenvalue weighted by Gasteiger charge is -2.13. The molecular formula is C17H29NO2.